The van der Waals surface area contributed by atoms with E-state index in [1.807, 2.05) is 0 Å². The van der Waals surface area contributed by atoms with Gasteiger partial charge in [-0.05, 0) is 38.9 Å². The van der Waals surface area contributed by atoms with Gasteiger partial charge in [-0.25, -0.2) is 4.39 Å². The van der Waals surface area contributed by atoms with Crippen molar-refractivity contribution in [2.24, 2.45) is 5.92 Å². The lowest BCUT2D eigenvalue weighted by atomic mass is 10.0. The molecule has 0 aliphatic heterocycles. The SMILES string of the molecule is CN(C)[C@H](C(=O)NCC1CC1)c1ccccc1F. The Morgan fingerprint density at radius 1 is 1.44 bits per heavy atom. The second-order valence-corrected chi connectivity index (χ2v) is 5.08. The molecule has 0 heterocycles. The van der Waals surface area contributed by atoms with Crippen molar-refractivity contribution in [1.29, 1.82) is 0 Å². The molecule has 1 aliphatic rings. The van der Waals surface area contributed by atoms with Crippen LogP contribution in [-0.2, 0) is 4.79 Å². The summed E-state index contributed by atoms with van der Waals surface area (Å²) in [5.74, 6) is 0.159. The maximum atomic E-state index is 13.8. The zero-order valence-electron chi connectivity index (χ0n) is 10.8. The Kier molecular flexibility index (Phi) is 3.97. The highest BCUT2D eigenvalue weighted by Gasteiger charge is 2.28. The van der Waals surface area contributed by atoms with E-state index >= 15 is 0 Å². The van der Waals surface area contributed by atoms with E-state index in [0.717, 1.165) is 0 Å². The number of rotatable bonds is 5. The fraction of sp³-hybridized carbons (Fsp3) is 0.500. The first kappa shape index (κ1) is 13.0. The van der Waals surface area contributed by atoms with Gasteiger partial charge >= 0.3 is 0 Å². The quantitative estimate of drug-likeness (QED) is 0.866. The van der Waals surface area contributed by atoms with Crippen molar-refractivity contribution < 1.29 is 9.18 Å². The van der Waals surface area contributed by atoms with E-state index in [9.17, 15) is 9.18 Å². The van der Waals surface area contributed by atoms with Crippen LogP contribution in [0.3, 0.4) is 0 Å². The summed E-state index contributed by atoms with van der Waals surface area (Å²) in [4.78, 5) is 13.9. The largest absolute Gasteiger partial charge is 0.354 e. The normalized spacial score (nSPS) is 16.7. The van der Waals surface area contributed by atoms with Crippen LogP contribution in [0, 0.1) is 11.7 Å². The van der Waals surface area contributed by atoms with Gasteiger partial charge in [-0.1, -0.05) is 18.2 Å². The van der Waals surface area contributed by atoms with Crippen molar-refractivity contribution >= 4 is 5.91 Å². The number of likely N-dealkylation sites (N-methyl/N-ethyl adjacent to an activating group) is 1. The summed E-state index contributed by atoms with van der Waals surface area (Å²) >= 11 is 0. The summed E-state index contributed by atoms with van der Waals surface area (Å²) in [5.41, 5.74) is 0.427. The van der Waals surface area contributed by atoms with Gasteiger partial charge in [0.1, 0.15) is 11.9 Å². The Hall–Kier alpha value is -1.42. The molecule has 1 aliphatic carbocycles. The van der Waals surface area contributed by atoms with E-state index in [0.29, 0.717) is 18.0 Å². The number of carbonyl (C=O) groups is 1. The van der Waals surface area contributed by atoms with Gasteiger partial charge in [-0.15, -0.1) is 0 Å². The van der Waals surface area contributed by atoms with Crippen molar-refractivity contribution in [1.82, 2.24) is 10.2 Å². The van der Waals surface area contributed by atoms with E-state index in [1.165, 1.54) is 18.9 Å². The maximum absolute atomic E-state index is 13.8. The highest BCUT2D eigenvalue weighted by molar-refractivity contribution is 5.83. The van der Waals surface area contributed by atoms with Crippen LogP contribution in [-0.4, -0.2) is 31.4 Å². The fourth-order valence-electron chi connectivity index (χ4n) is 2.01. The first-order valence-electron chi connectivity index (χ1n) is 6.28. The predicted octanol–water partition coefficient (Wildman–Crippen LogP) is 1.95. The van der Waals surface area contributed by atoms with Crippen molar-refractivity contribution in [3.05, 3.63) is 35.6 Å². The van der Waals surface area contributed by atoms with Crippen LogP contribution in [0.1, 0.15) is 24.4 Å². The average molecular weight is 250 g/mol. The van der Waals surface area contributed by atoms with Gasteiger partial charge in [0.25, 0.3) is 0 Å². The average Bonchev–Trinajstić information content (AvgIpc) is 3.13. The summed E-state index contributed by atoms with van der Waals surface area (Å²) in [6.45, 7) is 0.706. The molecular weight excluding hydrogens is 231 g/mol. The first-order chi connectivity index (χ1) is 8.59. The molecule has 0 radical (unpaired) electrons. The van der Waals surface area contributed by atoms with Gasteiger partial charge in [0.15, 0.2) is 0 Å². The molecule has 1 fully saturated rings. The van der Waals surface area contributed by atoms with Gasteiger partial charge in [-0.3, -0.25) is 9.69 Å². The summed E-state index contributed by atoms with van der Waals surface area (Å²) in [7, 11) is 3.57. The molecule has 1 saturated carbocycles. The second kappa shape index (κ2) is 5.48. The second-order valence-electron chi connectivity index (χ2n) is 5.08. The lowest BCUT2D eigenvalue weighted by Crippen LogP contribution is -2.38. The van der Waals surface area contributed by atoms with Crippen molar-refractivity contribution in [3.8, 4) is 0 Å². The molecule has 3 nitrogen and oxygen atoms in total. The number of benzene rings is 1. The van der Waals surface area contributed by atoms with Crippen LogP contribution in [0.25, 0.3) is 0 Å². The van der Waals surface area contributed by atoms with Crippen LogP contribution >= 0.6 is 0 Å². The monoisotopic (exact) mass is 250 g/mol. The first-order valence-corrected chi connectivity index (χ1v) is 6.28. The molecule has 1 atom stereocenters. The molecule has 2 rings (SSSR count). The highest BCUT2D eigenvalue weighted by Crippen LogP contribution is 2.28. The standard InChI is InChI=1S/C14H19FN2O/c1-17(2)13(11-5-3-4-6-12(11)15)14(18)16-9-10-7-8-10/h3-6,10,13H,7-9H2,1-2H3,(H,16,18)/t13-/m0/s1. The van der Waals surface area contributed by atoms with Crippen LogP contribution in [0.4, 0.5) is 4.39 Å². The molecule has 0 bridgehead atoms. The summed E-state index contributed by atoms with van der Waals surface area (Å²) in [5, 5.41) is 2.90. The smallest absolute Gasteiger partial charge is 0.242 e. The maximum Gasteiger partial charge on any atom is 0.242 e. The van der Waals surface area contributed by atoms with Gasteiger partial charge in [-0.2, -0.15) is 0 Å². The Morgan fingerprint density at radius 2 is 2.11 bits per heavy atom. The van der Waals surface area contributed by atoms with Crippen molar-refractivity contribution in [2.75, 3.05) is 20.6 Å². The Morgan fingerprint density at radius 3 is 2.67 bits per heavy atom. The third-order valence-electron chi connectivity index (χ3n) is 3.23. The minimum Gasteiger partial charge on any atom is -0.354 e. The molecule has 1 N–H and O–H groups in total. The zero-order chi connectivity index (χ0) is 13.1. The van der Waals surface area contributed by atoms with E-state index in [4.69, 9.17) is 0 Å². The number of carbonyl (C=O) groups excluding carboxylic acids is 1. The van der Waals surface area contributed by atoms with E-state index in [-0.39, 0.29) is 11.7 Å². The fourth-order valence-corrected chi connectivity index (χ4v) is 2.01. The highest BCUT2D eigenvalue weighted by atomic mass is 19.1. The minimum absolute atomic E-state index is 0.128. The number of amides is 1. The third kappa shape index (κ3) is 3.07. The van der Waals surface area contributed by atoms with E-state index in [2.05, 4.69) is 5.32 Å². The van der Waals surface area contributed by atoms with Gasteiger partial charge in [0, 0.05) is 12.1 Å². The molecule has 0 unspecified atom stereocenters. The third-order valence-corrected chi connectivity index (χ3v) is 3.23. The lowest BCUT2D eigenvalue weighted by molar-refractivity contribution is -0.125. The molecular formula is C14H19FN2O. The molecule has 4 heteroatoms. The number of halogens is 1. The molecule has 1 aromatic carbocycles. The van der Waals surface area contributed by atoms with E-state index < -0.39 is 6.04 Å². The molecule has 1 amide bonds. The lowest BCUT2D eigenvalue weighted by Gasteiger charge is -2.24. The minimum atomic E-state index is -0.565. The topological polar surface area (TPSA) is 32.3 Å². The van der Waals surface area contributed by atoms with E-state index in [1.54, 1.807) is 37.2 Å². The predicted molar refractivity (Wildman–Crippen MR) is 68.6 cm³/mol. The molecule has 0 spiro atoms. The van der Waals surface area contributed by atoms with Gasteiger partial charge < -0.3 is 5.32 Å². The molecule has 0 saturated heterocycles. The summed E-state index contributed by atoms with van der Waals surface area (Å²) < 4.78 is 13.8. The van der Waals surface area contributed by atoms with Crippen molar-refractivity contribution in [2.45, 2.75) is 18.9 Å². The number of nitrogens with zero attached hydrogens (tertiary/aromatic N) is 1. The molecule has 98 valence electrons. The summed E-state index contributed by atoms with van der Waals surface area (Å²) in [6.07, 6.45) is 2.37. The Bertz CT molecular complexity index is 430. The summed E-state index contributed by atoms with van der Waals surface area (Å²) in [6, 6.07) is 5.87. The Balaban J connectivity index is 2.11. The van der Waals surface area contributed by atoms with Gasteiger partial charge in [0.2, 0.25) is 5.91 Å². The van der Waals surface area contributed by atoms with Crippen molar-refractivity contribution in [3.63, 3.8) is 0 Å². The molecule has 18 heavy (non-hydrogen) atoms. The zero-order valence-corrected chi connectivity index (χ0v) is 10.8. The van der Waals surface area contributed by atoms with Crippen LogP contribution < -0.4 is 5.32 Å². The van der Waals surface area contributed by atoms with Gasteiger partial charge in [0.05, 0.1) is 0 Å². The molecule has 0 aromatic heterocycles. The Labute approximate surface area is 107 Å². The van der Waals surface area contributed by atoms with Crippen LogP contribution in [0.2, 0.25) is 0 Å². The number of hydrogen-bond donors (Lipinski definition) is 1. The number of nitrogens with one attached hydrogen (secondary N) is 1. The van der Waals surface area contributed by atoms with Crippen LogP contribution in [0.5, 0.6) is 0 Å². The molecule has 1 aromatic rings. The van der Waals surface area contributed by atoms with Crippen LogP contribution in [0.15, 0.2) is 24.3 Å². The number of hydrogen-bond acceptors (Lipinski definition) is 2.